The summed E-state index contributed by atoms with van der Waals surface area (Å²) in [4.78, 5) is 2.45. The van der Waals surface area contributed by atoms with E-state index in [-0.39, 0.29) is 5.41 Å². The maximum absolute atomic E-state index is 2.47. The summed E-state index contributed by atoms with van der Waals surface area (Å²) in [6.07, 6.45) is 0. The summed E-state index contributed by atoms with van der Waals surface area (Å²) in [6.45, 7) is 4.79. The largest absolute Gasteiger partial charge is 0.310 e. The van der Waals surface area contributed by atoms with Gasteiger partial charge in [0.25, 0.3) is 0 Å². The van der Waals surface area contributed by atoms with Crippen LogP contribution in [0.2, 0.25) is 0 Å². The molecule has 0 radical (unpaired) electrons. The predicted molar refractivity (Wildman–Crippen MR) is 250 cm³/mol. The summed E-state index contributed by atoms with van der Waals surface area (Å²) in [6, 6.07) is 80.9. The first kappa shape index (κ1) is 34.6. The molecule has 0 atom stereocenters. The molecule has 0 bridgehead atoms. The van der Waals surface area contributed by atoms with Crippen LogP contribution in [0.4, 0.5) is 17.1 Å². The number of anilines is 3. The van der Waals surface area contributed by atoms with Crippen LogP contribution in [0.1, 0.15) is 47.2 Å². The van der Waals surface area contributed by atoms with Gasteiger partial charge in [0.2, 0.25) is 0 Å². The standard InChI is InChI=1S/C58H42N2/c1-57(2)52-36-42(30-33-46(52)47-34-32-44(37-53(47)57)60-55-28-16-13-25-49(55)50-26-14-17-29-56(50)60)59(41-22-10-5-11-23-41)43-31-35-48-45-24-12-15-27-51(45)58(54(48)38-43,39-18-6-3-7-19-39)40-20-8-4-9-21-40/h3-38H,1-2H3. The number of aromatic nitrogens is 1. The highest BCUT2D eigenvalue weighted by Crippen LogP contribution is 2.58. The molecule has 0 fully saturated rings. The maximum atomic E-state index is 2.47. The minimum absolute atomic E-state index is 0.229. The van der Waals surface area contributed by atoms with Crippen LogP contribution >= 0.6 is 0 Å². The second-order valence-corrected chi connectivity index (χ2v) is 16.9. The first-order chi connectivity index (χ1) is 29.5. The topological polar surface area (TPSA) is 8.17 Å². The Morgan fingerprint density at radius 1 is 0.350 bits per heavy atom. The van der Waals surface area contributed by atoms with E-state index in [0.29, 0.717) is 0 Å². The lowest BCUT2D eigenvalue weighted by atomic mass is 9.67. The first-order valence-corrected chi connectivity index (χ1v) is 21.0. The van der Waals surface area contributed by atoms with Gasteiger partial charge in [-0.1, -0.05) is 172 Å². The zero-order valence-electron chi connectivity index (χ0n) is 33.7. The van der Waals surface area contributed by atoms with E-state index in [2.05, 4.69) is 242 Å². The van der Waals surface area contributed by atoms with Gasteiger partial charge in [0.05, 0.1) is 16.4 Å². The van der Waals surface area contributed by atoms with E-state index in [1.165, 1.54) is 83.1 Å². The van der Waals surface area contributed by atoms with Gasteiger partial charge in [-0.2, -0.15) is 0 Å². The molecular formula is C58H42N2. The molecule has 0 aliphatic heterocycles. The average Bonchev–Trinajstić information content (AvgIpc) is 3.88. The van der Waals surface area contributed by atoms with Crippen molar-refractivity contribution in [3.8, 4) is 27.9 Å². The molecule has 0 saturated heterocycles. The van der Waals surface area contributed by atoms with E-state index < -0.39 is 5.41 Å². The zero-order chi connectivity index (χ0) is 40.0. The number of fused-ring (bicyclic) bond motifs is 9. The van der Waals surface area contributed by atoms with Crippen molar-refractivity contribution in [1.82, 2.24) is 4.57 Å². The summed E-state index contributed by atoms with van der Waals surface area (Å²) >= 11 is 0. The van der Waals surface area contributed by atoms with E-state index in [9.17, 15) is 0 Å². The smallest absolute Gasteiger partial charge is 0.0714 e. The van der Waals surface area contributed by atoms with Crippen molar-refractivity contribution in [3.05, 3.63) is 252 Å². The fourth-order valence-corrected chi connectivity index (χ4v) is 10.8. The normalized spacial score (nSPS) is 14.1. The van der Waals surface area contributed by atoms with Crippen molar-refractivity contribution in [1.29, 1.82) is 0 Å². The van der Waals surface area contributed by atoms with Crippen molar-refractivity contribution in [2.75, 3.05) is 4.90 Å². The Morgan fingerprint density at radius 2 is 0.800 bits per heavy atom. The molecule has 60 heavy (non-hydrogen) atoms. The molecule has 2 nitrogen and oxygen atoms in total. The molecule has 0 saturated carbocycles. The monoisotopic (exact) mass is 766 g/mol. The molecule has 0 amide bonds. The second kappa shape index (κ2) is 13.0. The second-order valence-electron chi connectivity index (χ2n) is 16.9. The van der Waals surface area contributed by atoms with Crippen LogP contribution in [-0.4, -0.2) is 4.57 Å². The van der Waals surface area contributed by atoms with Crippen LogP contribution in [0.25, 0.3) is 49.7 Å². The van der Waals surface area contributed by atoms with Gasteiger partial charge in [-0.25, -0.2) is 0 Å². The van der Waals surface area contributed by atoms with Gasteiger partial charge in [-0.15, -0.1) is 0 Å². The number of benzene rings is 9. The SMILES string of the molecule is CC1(C)c2cc(N(c3ccccc3)c3ccc4c(c3)C(c3ccccc3)(c3ccccc3)c3ccccc3-4)ccc2-c2ccc(-n3c4ccccc4c4ccccc43)cc21. The molecule has 2 heteroatoms. The molecule has 284 valence electrons. The van der Waals surface area contributed by atoms with Crippen molar-refractivity contribution >= 4 is 38.9 Å². The molecule has 9 aromatic carbocycles. The minimum Gasteiger partial charge on any atom is -0.310 e. The molecule has 12 rings (SSSR count). The first-order valence-electron chi connectivity index (χ1n) is 21.0. The van der Waals surface area contributed by atoms with Gasteiger partial charge in [-0.05, 0) is 116 Å². The minimum atomic E-state index is -0.484. The van der Waals surface area contributed by atoms with Crippen LogP contribution in [0.5, 0.6) is 0 Å². The van der Waals surface area contributed by atoms with Gasteiger partial charge >= 0.3 is 0 Å². The summed E-state index contributed by atoms with van der Waals surface area (Å²) < 4.78 is 2.43. The zero-order valence-corrected chi connectivity index (χ0v) is 33.7. The number of hydrogen-bond donors (Lipinski definition) is 0. The van der Waals surface area contributed by atoms with Gasteiger partial charge in [0, 0.05) is 38.9 Å². The Kier molecular flexibility index (Phi) is 7.52. The third-order valence-corrected chi connectivity index (χ3v) is 13.5. The van der Waals surface area contributed by atoms with Crippen molar-refractivity contribution in [2.45, 2.75) is 24.7 Å². The summed E-state index contributed by atoms with van der Waals surface area (Å²) in [5.74, 6) is 0. The molecular weight excluding hydrogens is 725 g/mol. The Bertz CT molecular complexity index is 3190. The number of para-hydroxylation sites is 3. The number of hydrogen-bond acceptors (Lipinski definition) is 1. The molecule has 10 aromatic rings. The molecule has 1 heterocycles. The van der Waals surface area contributed by atoms with E-state index in [0.717, 1.165) is 17.1 Å². The van der Waals surface area contributed by atoms with Crippen molar-refractivity contribution in [3.63, 3.8) is 0 Å². The lowest BCUT2D eigenvalue weighted by Gasteiger charge is -2.35. The van der Waals surface area contributed by atoms with E-state index in [4.69, 9.17) is 0 Å². The quantitative estimate of drug-likeness (QED) is 0.164. The van der Waals surface area contributed by atoms with Crippen LogP contribution in [-0.2, 0) is 10.8 Å². The van der Waals surface area contributed by atoms with Crippen LogP contribution < -0.4 is 4.90 Å². The van der Waals surface area contributed by atoms with Crippen LogP contribution in [0.3, 0.4) is 0 Å². The summed E-state index contributed by atoms with van der Waals surface area (Å²) in [5, 5.41) is 2.56. The highest BCUT2D eigenvalue weighted by Gasteiger charge is 2.46. The molecule has 0 unspecified atom stereocenters. The average molecular weight is 767 g/mol. The molecule has 2 aliphatic carbocycles. The van der Waals surface area contributed by atoms with Gasteiger partial charge in [0.15, 0.2) is 0 Å². The third kappa shape index (κ3) is 4.82. The Labute approximate surface area is 351 Å². The van der Waals surface area contributed by atoms with E-state index in [1.54, 1.807) is 0 Å². The fraction of sp³-hybridized carbons (Fsp3) is 0.0690. The van der Waals surface area contributed by atoms with Gasteiger partial charge in [-0.3, -0.25) is 0 Å². The summed E-state index contributed by atoms with van der Waals surface area (Å²) in [7, 11) is 0. The summed E-state index contributed by atoms with van der Waals surface area (Å²) in [5.41, 5.74) is 19.4. The highest BCUT2D eigenvalue weighted by atomic mass is 15.1. The van der Waals surface area contributed by atoms with Crippen molar-refractivity contribution in [2.24, 2.45) is 0 Å². The molecule has 1 aromatic heterocycles. The Hall–Kier alpha value is -7.42. The number of rotatable bonds is 6. The molecule has 0 spiro atoms. The van der Waals surface area contributed by atoms with Gasteiger partial charge in [0.1, 0.15) is 0 Å². The van der Waals surface area contributed by atoms with E-state index in [1.807, 2.05) is 0 Å². The van der Waals surface area contributed by atoms with Crippen LogP contribution in [0, 0.1) is 0 Å². The molecule has 2 aliphatic rings. The Morgan fingerprint density at radius 3 is 1.42 bits per heavy atom. The van der Waals surface area contributed by atoms with E-state index >= 15 is 0 Å². The number of nitrogens with zero attached hydrogens (tertiary/aromatic N) is 2. The van der Waals surface area contributed by atoms with Gasteiger partial charge < -0.3 is 9.47 Å². The lowest BCUT2D eigenvalue weighted by Crippen LogP contribution is -2.28. The maximum Gasteiger partial charge on any atom is 0.0714 e. The Balaban J connectivity index is 1.03. The highest BCUT2D eigenvalue weighted by molar-refractivity contribution is 6.09. The molecule has 0 N–H and O–H groups in total. The van der Waals surface area contributed by atoms with Crippen LogP contribution in [0.15, 0.2) is 218 Å². The lowest BCUT2D eigenvalue weighted by molar-refractivity contribution is 0.660. The third-order valence-electron chi connectivity index (χ3n) is 13.5. The fourth-order valence-electron chi connectivity index (χ4n) is 10.8. The predicted octanol–water partition coefficient (Wildman–Crippen LogP) is 14.9. The van der Waals surface area contributed by atoms with Crippen molar-refractivity contribution < 1.29 is 0 Å².